The fourth-order valence-corrected chi connectivity index (χ4v) is 4.83. The fraction of sp³-hybridized carbons (Fsp3) is 0.226. The maximum Gasteiger partial charge on any atom is 0.244 e. The van der Waals surface area contributed by atoms with Gasteiger partial charge in [-0.05, 0) is 55.2 Å². The first-order valence-corrected chi connectivity index (χ1v) is 12.6. The lowest BCUT2D eigenvalue weighted by Crippen LogP contribution is -2.23. The molecule has 188 valence electrons. The molecule has 6 nitrogen and oxygen atoms in total. The van der Waals surface area contributed by atoms with Gasteiger partial charge < -0.3 is 19.0 Å². The minimum atomic E-state index is -0.121. The summed E-state index contributed by atoms with van der Waals surface area (Å²) in [4.78, 5) is 16.8. The van der Waals surface area contributed by atoms with Crippen LogP contribution in [0.25, 0.3) is 38.4 Å². The molecule has 6 heteroatoms. The van der Waals surface area contributed by atoms with Crippen LogP contribution in [0.5, 0.6) is 5.75 Å². The van der Waals surface area contributed by atoms with Crippen molar-refractivity contribution in [2.45, 2.75) is 33.7 Å². The maximum absolute atomic E-state index is 12.7. The smallest absolute Gasteiger partial charge is 0.244 e. The summed E-state index contributed by atoms with van der Waals surface area (Å²) in [5.41, 5.74) is 5.59. The number of aryl methyl sites for hydroxylation is 2. The highest BCUT2D eigenvalue weighted by atomic mass is 16.5. The molecule has 1 amide bonds. The number of hydrogen-bond donors (Lipinski definition) is 1. The average Bonchev–Trinajstić information content (AvgIpc) is 3.58. The topological polar surface area (TPSA) is 69.3 Å². The first-order chi connectivity index (χ1) is 18.1. The third kappa shape index (κ3) is 5.00. The van der Waals surface area contributed by atoms with Gasteiger partial charge in [0.2, 0.25) is 5.91 Å². The molecule has 5 rings (SSSR count). The summed E-state index contributed by atoms with van der Waals surface area (Å²) in [5, 5.41) is 6.34. The molecule has 0 aliphatic rings. The molecule has 0 saturated carbocycles. The second kappa shape index (κ2) is 10.7. The van der Waals surface area contributed by atoms with E-state index in [0.717, 1.165) is 57.5 Å². The van der Waals surface area contributed by atoms with Crippen LogP contribution in [0.2, 0.25) is 0 Å². The molecule has 2 heterocycles. The summed E-state index contributed by atoms with van der Waals surface area (Å²) in [6.07, 6.45) is 9.76. The number of allylic oxidation sites excluding steroid dienone is 1. The van der Waals surface area contributed by atoms with Crippen LogP contribution in [0.15, 0.2) is 84.0 Å². The summed E-state index contributed by atoms with van der Waals surface area (Å²) in [6, 6.07) is 16.8. The second-order valence-corrected chi connectivity index (χ2v) is 9.14. The van der Waals surface area contributed by atoms with Crippen LogP contribution < -0.4 is 10.1 Å². The van der Waals surface area contributed by atoms with Gasteiger partial charge in [0.05, 0.1) is 19.2 Å². The van der Waals surface area contributed by atoms with Gasteiger partial charge in [0.25, 0.3) is 0 Å². The number of ether oxygens (including phenoxy) is 1. The quantitative estimate of drug-likeness (QED) is 0.182. The molecule has 0 aliphatic heterocycles. The molecule has 1 N–H and O–H groups in total. The van der Waals surface area contributed by atoms with Crippen LogP contribution in [0.1, 0.15) is 31.4 Å². The third-order valence-electron chi connectivity index (χ3n) is 6.64. The Morgan fingerprint density at radius 3 is 2.78 bits per heavy atom. The molecule has 37 heavy (non-hydrogen) atoms. The van der Waals surface area contributed by atoms with Crippen LogP contribution in [-0.2, 0) is 11.3 Å². The number of benzene rings is 3. The summed E-state index contributed by atoms with van der Waals surface area (Å²) >= 11 is 0. The highest BCUT2D eigenvalue weighted by molar-refractivity contribution is 6.07. The summed E-state index contributed by atoms with van der Waals surface area (Å²) in [6.45, 7) is 7.84. The molecule has 5 aromatic rings. The Balaban J connectivity index is 1.48. The van der Waals surface area contributed by atoms with E-state index in [2.05, 4.69) is 52.8 Å². The molecule has 0 spiro atoms. The first kappa shape index (κ1) is 24.4. The standard InChI is InChI=1S/C31H31N3O3/c1-4-36-30-22(3)31-27(28(19-37-31)25-12-7-10-23-9-5-6-11-24(23)25)18-26(30)21(2)17-29(35)33-13-8-15-34-16-14-32-20-34/h5-7,9-12,14,16-20H,4,8,13,15H2,1-3H3,(H,33,35)/b21-17+. The van der Waals surface area contributed by atoms with Gasteiger partial charge in [-0.25, -0.2) is 4.98 Å². The SMILES string of the molecule is CCOc1c(/C(C)=C/C(=O)NCCCn2ccnc2)cc2c(-c3cccc4ccccc34)coc2c1C. The number of fused-ring (bicyclic) bond motifs is 2. The van der Waals surface area contributed by atoms with Crippen molar-refractivity contribution in [2.75, 3.05) is 13.2 Å². The average molecular weight is 494 g/mol. The lowest BCUT2D eigenvalue weighted by atomic mass is 9.94. The van der Waals surface area contributed by atoms with Crippen molar-refractivity contribution < 1.29 is 13.9 Å². The fourth-order valence-electron chi connectivity index (χ4n) is 4.83. The van der Waals surface area contributed by atoms with Crippen LogP contribution in [-0.4, -0.2) is 28.6 Å². The highest BCUT2D eigenvalue weighted by Gasteiger charge is 2.20. The van der Waals surface area contributed by atoms with Crippen LogP contribution in [0, 0.1) is 6.92 Å². The zero-order valence-corrected chi connectivity index (χ0v) is 21.5. The molecule has 3 aromatic carbocycles. The molecule has 0 unspecified atom stereocenters. The lowest BCUT2D eigenvalue weighted by Gasteiger charge is -2.15. The Morgan fingerprint density at radius 1 is 1.14 bits per heavy atom. The van der Waals surface area contributed by atoms with Crippen molar-refractivity contribution in [1.29, 1.82) is 0 Å². The number of carbonyl (C=O) groups excluding carboxylic acids is 1. The predicted octanol–water partition coefficient (Wildman–Crippen LogP) is 6.77. The molecule has 0 atom stereocenters. The van der Waals surface area contributed by atoms with Gasteiger partial charge in [0.1, 0.15) is 11.3 Å². The van der Waals surface area contributed by atoms with Gasteiger partial charge in [-0.15, -0.1) is 0 Å². The van der Waals surface area contributed by atoms with E-state index < -0.39 is 0 Å². The van der Waals surface area contributed by atoms with E-state index in [-0.39, 0.29) is 5.91 Å². The highest BCUT2D eigenvalue weighted by Crippen LogP contribution is 2.42. The Morgan fingerprint density at radius 2 is 1.97 bits per heavy atom. The van der Waals surface area contributed by atoms with Gasteiger partial charge in [0.15, 0.2) is 0 Å². The summed E-state index contributed by atoms with van der Waals surface area (Å²) in [5.74, 6) is 0.625. The molecular weight excluding hydrogens is 462 g/mol. The lowest BCUT2D eigenvalue weighted by molar-refractivity contribution is -0.116. The van der Waals surface area contributed by atoms with Gasteiger partial charge in [-0.1, -0.05) is 42.5 Å². The number of hydrogen-bond acceptors (Lipinski definition) is 4. The van der Waals surface area contributed by atoms with E-state index in [4.69, 9.17) is 9.15 Å². The van der Waals surface area contributed by atoms with E-state index in [1.54, 1.807) is 18.6 Å². The van der Waals surface area contributed by atoms with E-state index >= 15 is 0 Å². The Kier molecular flexibility index (Phi) is 7.08. The number of rotatable bonds is 9. The van der Waals surface area contributed by atoms with E-state index in [1.807, 2.05) is 43.9 Å². The minimum Gasteiger partial charge on any atom is -0.493 e. The van der Waals surface area contributed by atoms with Crippen molar-refractivity contribution in [3.8, 4) is 16.9 Å². The predicted molar refractivity (Wildman–Crippen MR) is 149 cm³/mol. The van der Waals surface area contributed by atoms with Crippen LogP contribution in [0.4, 0.5) is 0 Å². The number of nitrogens with zero attached hydrogens (tertiary/aromatic N) is 2. The molecular formula is C31H31N3O3. The zero-order chi connectivity index (χ0) is 25.8. The van der Waals surface area contributed by atoms with Crippen molar-refractivity contribution in [2.24, 2.45) is 0 Å². The van der Waals surface area contributed by atoms with Gasteiger partial charge in [0, 0.05) is 53.6 Å². The molecule has 0 radical (unpaired) electrons. The number of carbonyl (C=O) groups is 1. The van der Waals surface area contributed by atoms with E-state index in [9.17, 15) is 4.79 Å². The Hall–Kier alpha value is -4.32. The van der Waals surface area contributed by atoms with Gasteiger partial charge in [-0.3, -0.25) is 4.79 Å². The number of imidazole rings is 1. The monoisotopic (exact) mass is 493 g/mol. The Bertz CT molecular complexity index is 1570. The second-order valence-electron chi connectivity index (χ2n) is 9.14. The number of amides is 1. The normalized spacial score (nSPS) is 11.8. The first-order valence-electron chi connectivity index (χ1n) is 12.6. The van der Waals surface area contributed by atoms with Gasteiger partial charge in [-0.2, -0.15) is 0 Å². The maximum atomic E-state index is 12.7. The van der Waals surface area contributed by atoms with Crippen LogP contribution >= 0.6 is 0 Å². The molecule has 0 bridgehead atoms. The number of nitrogens with one attached hydrogen (secondary N) is 1. The molecule has 0 aliphatic carbocycles. The van der Waals surface area contributed by atoms with Crippen molar-refractivity contribution in [1.82, 2.24) is 14.9 Å². The van der Waals surface area contributed by atoms with Crippen molar-refractivity contribution >= 4 is 33.2 Å². The zero-order valence-electron chi connectivity index (χ0n) is 21.5. The van der Waals surface area contributed by atoms with E-state index in [0.29, 0.717) is 13.2 Å². The third-order valence-corrected chi connectivity index (χ3v) is 6.64. The van der Waals surface area contributed by atoms with E-state index in [1.165, 1.54) is 10.8 Å². The minimum absolute atomic E-state index is 0.121. The summed E-state index contributed by atoms with van der Waals surface area (Å²) in [7, 11) is 0. The van der Waals surface area contributed by atoms with Crippen molar-refractivity contribution in [3.63, 3.8) is 0 Å². The number of furan rings is 1. The van der Waals surface area contributed by atoms with Crippen molar-refractivity contribution in [3.05, 3.63) is 90.7 Å². The van der Waals surface area contributed by atoms with Gasteiger partial charge >= 0.3 is 0 Å². The largest absolute Gasteiger partial charge is 0.493 e. The van der Waals surface area contributed by atoms with Crippen LogP contribution in [0.3, 0.4) is 0 Å². The summed E-state index contributed by atoms with van der Waals surface area (Å²) < 4.78 is 14.2. The molecule has 2 aromatic heterocycles. The molecule has 0 fully saturated rings. The Labute approximate surface area is 216 Å². The number of aromatic nitrogens is 2. The molecule has 0 saturated heterocycles.